The van der Waals surface area contributed by atoms with Gasteiger partial charge in [-0.3, -0.25) is 0 Å². The van der Waals surface area contributed by atoms with Crippen molar-refractivity contribution < 1.29 is 36.5 Å². The van der Waals surface area contributed by atoms with Crippen molar-refractivity contribution in [3.63, 3.8) is 0 Å². The Bertz CT molecular complexity index is 1010. The van der Waals surface area contributed by atoms with Gasteiger partial charge in [0.25, 0.3) is 0 Å². The summed E-state index contributed by atoms with van der Waals surface area (Å²) < 4.78 is 79.5. The van der Waals surface area contributed by atoms with Crippen LogP contribution in [0.4, 0.5) is 22.0 Å². The minimum Gasteiger partial charge on any atom is -0.497 e. The van der Waals surface area contributed by atoms with Gasteiger partial charge in [-0.2, -0.15) is 13.2 Å². The highest BCUT2D eigenvalue weighted by Gasteiger charge is 2.37. The van der Waals surface area contributed by atoms with Crippen LogP contribution in [0.2, 0.25) is 0 Å². The smallest absolute Gasteiger partial charge is 0.426 e. The number of methoxy groups -OCH3 is 1. The van der Waals surface area contributed by atoms with Crippen LogP contribution in [-0.4, -0.2) is 18.8 Å². The van der Waals surface area contributed by atoms with Gasteiger partial charge in [-0.15, -0.1) is 11.3 Å². The van der Waals surface area contributed by atoms with Gasteiger partial charge >= 0.3 is 6.18 Å². The van der Waals surface area contributed by atoms with Gasteiger partial charge in [0.15, 0.2) is 17.4 Å². The molecule has 0 spiro atoms. The van der Waals surface area contributed by atoms with Crippen LogP contribution in [-0.2, 0) is 19.2 Å². The minimum absolute atomic E-state index is 0.131. The lowest BCUT2D eigenvalue weighted by atomic mass is 10.0. The highest BCUT2D eigenvalue weighted by molar-refractivity contribution is 7.10. The van der Waals surface area contributed by atoms with Crippen molar-refractivity contribution in [2.75, 3.05) is 13.7 Å². The molecular formula is C22H19F5O3S. The van der Waals surface area contributed by atoms with Gasteiger partial charge in [0.2, 0.25) is 0 Å². The largest absolute Gasteiger partial charge is 0.497 e. The Morgan fingerprint density at radius 1 is 1.03 bits per heavy atom. The Morgan fingerprint density at radius 3 is 2.23 bits per heavy atom. The molecule has 0 amide bonds. The molecule has 0 unspecified atom stereocenters. The molecule has 0 atom stereocenters. The lowest BCUT2D eigenvalue weighted by Crippen LogP contribution is -2.09. The Kier molecular flexibility index (Phi) is 7.17. The van der Waals surface area contributed by atoms with E-state index in [0.29, 0.717) is 34.6 Å². The van der Waals surface area contributed by atoms with E-state index in [1.165, 1.54) is 12.5 Å². The highest BCUT2D eigenvalue weighted by atomic mass is 32.1. The van der Waals surface area contributed by atoms with Gasteiger partial charge in [0.1, 0.15) is 17.2 Å². The molecule has 1 aromatic heterocycles. The zero-order valence-electron chi connectivity index (χ0n) is 16.4. The van der Waals surface area contributed by atoms with Crippen LogP contribution < -0.4 is 9.47 Å². The SMILES string of the molecule is COc1ccc(-c2csc(C(F)(F)F)c2COc2c(F)cc(CCCO)cc2F)cc1. The van der Waals surface area contributed by atoms with Crippen LogP contribution in [0.5, 0.6) is 11.5 Å². The first-order valence-electron chi connectivity index (χ1n) is 9.28. The summed E-state index contributed by atoms with van der Waals surface area (Å²) >= 11 is 0.496. The van der Waals surface area contributed by atoms with E-state index in [1.807, 2.05) is 0 Å². The first-order valence-corrected chi connectivity index (χ1v) is 10.2. The molecule has 3 rings (SSSR count). The third kappa shape index (κ3) is 5.34. The predicted octanol–water partition coefficient (Wildman–Crippen LogP) is 6.22. The standard InChI is InChI=1S/C22H19F5O3S/c1-29-15-6-4-14(5-7-15)17-12-31-21(22(25,26)27)16(17)11-30-20-18(23)9-13(3-2-8-28)10-19(20)24/h4-7,9-10,12,28H,2-3,8,11H2,1H3. The molecule has 166 valence electrons. The first kappa shape index (κ1) is 23.0. The van der Waals surface area contributed by atoms with Crippen molar-refractivity contribution in [3.05, 3.63) is 69.4 Å². The summed E-state index contributed by atoms with van der Waals surface area (Å²) in [5.41, 5.74) is 0.875. The van der Waals surface area contributed by atoms with E-state index >= 15 is 0 Å². The maximum atomic E-state index is 14.3. The van der Waals surface area contributed by atoms with Gasteiger partial charge < -0.3 is 14.6 Å². The average Bonchev–Trinajstić information content (AvgIpc) is 3.16. The summed E-state index contributed by atoms with van der Waals surface area (Å²) in [4.78, 5) is -0.890. The number of thiophene rings is 1. The molecule has 31 heavy (non-hydrogen) atoms. The lowest BCUT2D eigenvalue weighted by Gasteiger charge is -2.14. The predicted molar refractivity (Wildman–Crippen MR) is 107 cm³/mol. The molecular weight excluding hydrogens is 439 g/mol. The van der Waals surface area contributed by atoms with Crippen LogP contribution in [0, 0.1) is 11.6 Å². The zero-order valence-corrected chi connectivity index (χ0v) is 17.2. The van der Waals surface area contributed by atoms with Crippen LogP contribution in [0.1, 0.15) is 22.4 Å². The molecule has 3 nitrogen and oxygen atoms in total. The maximum absolute atomic E-state index is 14.3. The van der Waals surface area contributed by atoms with Crippen LogP contribution in [0.15, 0.2) is 41.8 Å². The number of hydrogen-bond acceptors (Lipinski definition) is 4. The number of aliphatic hydroxyl groups excluding tert-OH is 1. The van der Waals surface area contributed by atoms with Crippen LogP contribution >= 0.6 is 11.3 Å². The topological polar surface area (TPSA) is 38.7 Å². The second-order valence-electron chi connectivity index (χ2n) is 6.69. The fourth-order valence-corrected chi connectivity index (χ4v) is 4.06. The zero-order chi connectivity index (χ0) is 22.6. The molecule has 1 N–H and O–H groups in total. The van der Waals surface area contributed by atoms with Crippen molar-refractivity contribution >= 4 is 11.3 Å². The van der Waals surface area contributed by atoms with Crippen molar-refractivity contribution in [1.29, 1.82) is 0 Å². The second-order valence-corrected chi connectivity index (χ2v) is 7.57. The number of halogens is 5. The normalized spacial score (nSPS) is 11.6. The van der Waals surface area contributed by atoms with Crippen molar-refractivity contribution in [2.45, 2.75) is 25.6 Å². The number of rotatable bonds is 8. The molecule has 0 fully saturated rings. The number of benzene rings is 2. The summed E-state index contributed by atoms with van der Waals surface area (Å²) in [7, 11) is 1.47. The van der Waals surface area contributed by atoms with Gasteiger partial charge in [0.05, 0.1) is 7.11 Å². The van der Waals surface area contributed by atoms with E-state index in [-0.39, 0.29) is 24.2 Å². The summed E-state index contributed by atoms with van der Waals surface area (Å²) in [6, 6.07) is 8.52. The molecule has 0 saturated carbocycles. The third-order valence-corrected chi connectivity index (χ3v) is 5.66. The lowest BCUT2D eigenvalue weighted by molar-refractivity contribution is -0.135. The van der Waals surface area contributed by atoms with E-state index in [1.54, 1.807) is 24.3 Å². The minimum atomic E-state index is -4.64. The Hall–Kier alpha value is -2.65. The molecule has 2 aromatic carbocycles. The van der Waals surface area contributed by atoms with Crippen molar-refractivity contribution in [2.24, 2.45) is 0 Å². The van der Waals surface area contributed by atoms with Crippen LogP contribution in [0.3, 0.4) is 0 Å². The molecule has 0 aliphatic carbocycles. The van der Waals surface area contributed by atoms with Gasteiger partial charge in [-0.05, 0) is 59.2 Å². The summed E-state index contributed by atoms with van der Waals surface area (Å²) in [5.74, 6) is -2.23. The number of hydrogen-bond donors (Lipinski definition) is 1. The van der Waals surface area contributed by atoms with Crippen LogP contribution in [0.25, 0.3) is 11.1 Å². The Labute approximate surface area is 179 Å². The van der Waals surface area contributed by atoms with Gasteiger partial charge in [-0.1, -0.05) is 12.1 Å². The third-order valence-electron chi connectivity index (χ3n) is 4.59. The number of aryl methyl sites for hydroxylation is 1. The molecule has 1 heterocycles. The molecule has 0 aliphatic rings. The van der Waals surface area contributed by atoms with E-state index in [2.05, 4.69) is 0 Å². The summed E-state index contributed by atoms with van der Waals surface area (Å²) in [6.45, 7) is -0.794. The summed E-state index contributed by atoms with van der Waals surface area (Å²) in [5, 5.41) is 10.2. The van der Waals surface area contributed by atoms with E-state index in [4.69, 9.17) is 14.6 Å². The molecule has 9 heteroatoms. The monoisotopic (exact) mass is 458 g/mol. The Balaban J connectivity index is 1.92. The molecule has 0 bridgehead atoms. The quantitative estimate of drug-likeness (QED) is 0.407. The van der Waals surface area contributed by atoms with E-state index in [0.717, 1.165) is 12.1 Å². The molecule has 3 aromatic rings. The van der Waals surface area contributed by atoms with E-state index in [9.17, 15) is 22.0 Å². The first-order chi connectivity index (χ1) is 14.7. The van der Waals surface area contributed by atoms with Gasteiger partial charge in [0, 0.05) is 12.2 Å². The highest BCUT2D eigenvalue weighted by Crippen LogP contribution is 2.42. The fourth-order valence-electron chi connectivity index (χ4n) is 3.10. The number of aliphatic hydroxyl groups is 1. The molecule has 0 saturated heterocycles. The summed E-state index contributed by atoms with van der Waals surface area (Å²) in [6.07, 6.45) is -4.05. The van der Waals surface area contributed by atoms with Crippen molar-refractivity contribution in [3.8, 4) is 22.6 Å². The number of alkyl halides is 3. The van der Waals surface area contributed by atoms with Crippen molar-refractivity contribution in [1.82, 2.24) is 0 Å². The van der Waals surface area contributed by atoms with E-state index < -0.39 is 35.0 Å². The molecule has 0 radical (unpaired) electrons. The number of ether oxygens (including phenoxy) is 2. The Morgan fingerprint density at radius 2 is 1.68 bits per heavy atom. The molecule has 0 aliphatic heterocycles. The second kappa shape index (κ2) is 9.65. The maximum Gasteiger partial charge on any atom is 0.426 e. The fraction of sp³-hybridized carbons (Fsp3) is 0.273. The average molecular weight is 458 g/mol. The van der Waals surface area contributed by atoms with Gasteiger partial charge in [-0.25, -0.2) is 8.78 Å².